The van der Waals surface area contributed by atoms with Gasteiger partial charge in [0.05, 0.1) is 7.11 Å². The monoisotopic (exact) mass is 291 g/mol. The summed E-state index contributed by atoms with van der Waals surface area (Å²) in [6, 6.07) is 8.58. The molecule has 1 fully saturated rings. The van der Waals surface area contributed by atoms with Crippen molar-refractivity contribution in [2.45, 2.75) is 25.4 Å². The van der Waals surface area contributed by atoms with Crippen LogP contribution < -0.4 is 10.5 Å². The molecule has 0 aliphatic carbocycles. The zero-order valence-electron chi connectivity index (χ0n) is 13.7. The summed E-state index contributed by atoms with van der Waals surface area (Å²) in [5.41, 5.74) is 7.50. The number of nitrogens with zero attached hydrogens (tertiary/aromatic N) is 2. The third kappa shape index (κ3) is 4.19. The third-order valence-corrected chi connectivity index (χ3v) is 4.44. The molecule has 118 valence electrons. The minimum absolute atomic E-state index is 0.0845. The maximum atomic E-state index is 6.27. The molecule has 1 heterocycles. The number of nitrogens with two attached hydrogens (primary N) is 1. The molecule has 4 nitrogen and oxygen atoms in total. The molecule has 0 radical (unpaired) electrons. The van der Waals surface area contributed by atoms with Gasteiger partial charge in [-0.3, -0.25) is 4.90 Å². The SMILES string of the molecule is COc1cccc(C(C(C)N)N(C)CC2CCN(C)C2)c1. The van der Waals surface area contributed by atoms with Crippen LogP contribution in [-0.4, -0.2) is 56.7 Å². The first-order valence-electron chi connectivity index (χ1n) is 7.79. The molecule has 2 rings (SSSR count). The average molecular weight is 291 g/mol. The lowest BCUT2D eigenvalue weighted by Crippen LogP contribution is -2.40. The second-order valence-corrected chi connectivity index (χ2v) is 6.44. The average Bonchev–Trinajstić information content (AvgIpc) is 2.84. The van der Waals surface area contributed by atoms with Crippen LogP contribution in [-0.2, 0) is 0 Å². The quantitative estimate of drug-likeness (QED) is 0.870. The fourth-order valence-corrected chi connectivity index (χ4v) is 3.48. The van der Waals surface area contributed by atoms with E-state index < -0.39 is 0 Å². The van der Waals surface area contributed by atoms with Crippen molar-refractivity contribution in [3.63, 3.8) is 0 Å². The highest BCUT2D eigenvalue weighted by atomic mass is 16.5. The lowest BCUT2D eigenvalue weighted by Gasteiger charge is -2.33. The van der Waals surface area contributed by atoms with E-state index in [4.69, 9.17) is 10.5 Å². The maximum Gasteiger partial charge on any atom is 0.119 e. The molecule has 1 aromatic rings. The highest BCUT2D eigenvalue weighted by Crippen LogP contribution is 2.27. The Balaban J connectivity index is 2.10. The van der Waals surface area contributed by atoms with Crippen molar-refractivity contribution in [1.29, 1.82) is 0 Å². The van der Waals surface area contributed by atoms with E-state index in [1.807, 2.05) is 12.1 Å². The van der Waals surface area contributed by atoms with E-state index in [0.29, 0.717) is 0 Å². The molecule has 3 atom stereocenters. The number of rotatable bonds is 6. The van der Waals surface area contributed by atoms with E-state index in [0.717, 1.165) is 18.2 Å². The molecule has 0 spiro atoms. The first-order chi connectivity index (χ1) is 10.0. The van der Waals surface area contributed by atoms with Gasteiger partial charge in [-0.25, -0.2) is 0 Å². The standard InChI is InChI=1S/C17H29N3O/c1-13(18)17(15-6-5-7-16(10-15)21-4)20(3)12-14-8-9-19(2)11-14/h5-7,10,13-14,17H,8-9,11-12,18H2,1-4H3. The number of methoxy groups -OCH3 is 1. The Kier molecular flexibility index (Phi) is 5.62. The van der Waals surface area contributed by atoms with E-state index in [1.165, 1.54) is 25.1 Å². The predicted molar refractivity (Wildman–Crippen MR) is 87.6 cm³/mol. The molecular formula is C17H29N3O. The Morgan fingerprint density at radius 3 is 2.81 bits per heavy atom. The van der Waals surface area contributed by atoms with E-state index in [9.17, 15) is 0 Å². The smallest absolute Gasteiger partial charge is 0.119 e. The van der Waals surface area contributed by atoms with Crippen LogP contribution in [0.4, 0.5) is 0 Å². The molecule has 1 aromatic carbocycles. The van der Waals surface area contributed by atoms with Crippen molar-refractivity contribution in [2.75, 3.05) is 40.8 Å². The fraction of sp³-hybridized carbons (Fsp3) is 0.647. The van der Waals surface area contributed by atoms with E-state index in [1.54, 1.807) is 7.11 Å². The normalized spacial score (nSPS) is 22.5. The number of hydrogen-bond donors (Lipinski definition) is 1. The van der Waals surface area contributed by atoms with Gasteiger partial charge >= 0.3 is 0 Å². The minimum atomic E-state index is 0.0845. The largest absolute Gasteiger partial charge is 0.497 e. The van der Waals surface area contributed by atoms with Crippen molar-refractivity contribution >= 4 is 0 Å². The summed E-state index contributed by atoms with van der Waals surface area (Å²) in [5.74, 6) is 1.64. The number of benzene rings is 1. The molecule has 0 aromatic heterocycles. The van der Waals surface area contributed by atoms with Crippen molar-refractivity contribution in [3.05, 3.63) is 29.8 Å². The number of hydrogen-bond acceptors (Lipinski definition) is 4. The van der Waals surface area contributed by atoms with Crippen LogP contribution in [0.1, 0.15) is 24.9 Å². The van der Waals surface area contributed by atoms with Crippen LogP contribution in [0.15, 0.2) is 24.3 Å². The Morgan fingerprint density at radius 2 is 2.24 bits per heavy atom. The first kappa shape index (κ1) is 16.3. The fourth-order valence-electron chi connectivity index (χ4n) is 3.48. The molecule has 1 aliphatic rings. The molecule has 0 bridgehead atoms. The lowest BCUT2D eigenvalue weighted by atomic mass is 9.97. The summed E-state index contributed by atoms with van der Waals surface area (Å²) in [5, 5.41) is 0. The van der Waals surface area contributed by atoms with Crippen LogP contribution in [0, 0.1) is 5.92 Å². The first-order valence-corrected chi connectivity index (χ1v) is 7.79. The summed E-state index contributed by atoms with van der Waals surface area (Å²) in [6.07, 6.45) is 1.28. The van der Waals surface area contributed by atoms with Gasteiger partial charge in [-0.2, -0.15) is 0 Å². The van der Waals surface area contributed by atoms with Crippen molar-refractivity contribution in [2.24, 2.45) is 11.7 Å². The van der Waals surface area contributed by atoms with Crippen LogP contribution in [0.5, 0.6) is 5.75 Å². The summed E-state index contributed by atoms with van der Waals surface area (Å²) >= 11 is 0. The van der Waals surface area contributed by atoms with Gasteiger partial charge < -0.3 is 15.4 Å². The highest BCUT2D eigenvalue weighted by Gasteiger charge is 2.26. The molecule has 4 heteroatoms. The van der Waals surface area contributed by atoms with Gasteiger partial charge in [0.1, 0.15) is 5.75 Å². The van der Waals surface area contributed by atoms with Gasteiger partial charge in [-0.15, -0.1) is 0 Å². The molecule has 0 amide bonds. The maximum absolute atomic E-state index is 6.27. The topological polar surface area (TPSA) is 41.7 Å². The Labute approximate surface area is 128 Å². The highest BCUT2D eigenvalue weighted by molar-refractivity contribution is 5.31. The van der Waals surface area contributed by atoms with Gasteiger partial charge in [0.25, 0.3) is 0 Å². The van der Waals surface area contributed by atoms with Crippen molar-refractivity contribution in [3.8, 4) is 5.75 Å². The van der Waals surface area contributed by atoms with Crippen LogP contribution >= 0.6 is 0 Å². The third-order valence-electron chi connectivity index (χ3n) is 4.44. The summed E-state index contributed by atoms with van der Waals surface area (Å²) in [7, 11) is 6.09. The second-order valence-electron chi connectivity index (χ2n) is 6.44. The van der Waals surface area contributed by atoms with Gasteiger partial charge in [-0.1, -0.05) is 12.1 Å². The van der Waals surface area contributed by atoms with Crippen LogP contribution in [0.2, 0.25) is 0 Å². The molecule has 21 heavy (non-hydrogen) atoms. The molecule has 3 unspecified atom stereocenters. The Morgan fingerprint density at radius 1 is 1.48 bits per heavy atom. The molecule has 1 aliphatic heterocycles. The van der Waals surface area contributed by atoms with E-state index in [-0.39, 0.29) is 12.1 Å². The molecule has 2 N–H and O–H groups in total. The lowest BCUT2D eigenvalue weighted by molar-refractivity contribution is 0.187. The van der Waals surface area contributed by atoms with Gasteiger partial charge in [0, 0.05) is 25.2 Å². The summed E-state index contributed by atoms with van der Waals surface area (Å²) in [4.78, 5) is 4.81. The van der Waals surface area contributed by atoms with Crippen molar-refractivity contribution in [1.82, 2.24) is 9.80 Å². The van der Waals surface area contributed by atoms with Crippen molar-refractivity contribution < 1.29 is 4.74 Å². The minimum Gasteiger partial charge on any atom is -0.497 e. The second kappa shape index (κ2) is 7.25. The number of ether oxygens (including phenoxy) is 1. The van der Waals surface area contributed by atoms with E-state index >= 15 is 0 Å². The zero-order chi connectivity index (χ0) is 15.4. The molecule has 0 saturated carbocycles. The van der Waals surface area contributed by atoms with Gasteiger partial charge in [0.15, 0.2) is 0 Å². The molecular weight excluding hydrogens is 262 g/mol. The van der Waals surface area contributed by atoms with Gasteiger partial charge in [-0.05, 0) is 57.6 Å². The predicted octanol–water partition coefficient (Wildman–Crippen LogP) is 1.97. The zero-order valence-corrected chi connectivity index (χ0v) is 13.7. The Hall–Kier alpha value is -1.10. The van der Waals surface area contributed by atoms with Gasteiger partial charge in [0.2, 0.25) is 0 Å². The number of likely N-dealkylation sites (N-methyl/N-ethyl adjacent to an activating group) is 1. The van der Waals surface area contributed by atoms with E-state index in [2.05, 4.69) is 43.0 Å². The summed E-state index contributed by atoms with van der Waals surface area (Å²) < 4.78 is 5.35. The Bertz CT molecular complexity index is 449. The van der Waals surface area contributed by atoms with Crippen LogP contribution in [0.25, 0.3) is 0 Å². The number of likely N-dealkylation sites (tertiary alicyclic amines) is 1. The summed E-state index contributed by atoms with van der Waals surface area (Å²) in [6.45, 7) is 5.57. The molecule has 1 saturated heterocycles. The van der Waals surface area contributed by atoms with Crippen LogP contribution in [0.3, 0.4) is 0 Å².